The van der Waals surface area contributed by atoms with Crippen LogP contribution in [0.2, 0.25) is 0 Å². The molecular formula is C23H24N6O3S. The third-order valence-corrected chi connectivity index (χ3v) is 7.58. The minimum atomic E-state index is -3.43. The van der Waals surface area contributed by atoms with Gasteiger partial charge in [-0.05, 0) is 42.7 Å². The highest BCUT2D eigenvalue weighted by atomic mass is 32.2. The number of amides is 2. The van der Waals surface area contributed by atoms with Crippen molar-refractivity contribution in [3.63, 3.8) is 0 Å². The molecule has 3 aromatic rings. The first-order valence-electron chi connectivity index (χ1n) is 10.7. The average molecular weight is 465 g/mol. The molecule has 0 unspecified atom stereocenters. The molecule has 10 heteroatoms. The number of carbonyl (C=O) groups excluding carboxylic acids is 1. The predicted octanol–water partition coefficient (Wildman–Crippen LogP) is 2.88. The minimum Gasteiger partial charge on any atom is -0.324 e. The first-order chi connectivity index (χ1) is 15.9. The molecule has 2 amide bonds. The second kappa shape index (κ2) is 8.11. The van der Waals surface area contributed by atoms with Gasteiger partial charge in [-0.3, -0.25) is 19.6 Å². The summed E-state index contributed by atoms with van der Waals surface area (Å²) in [6, 6.07) is 11.4. The summed E-state index contributed by atoms with van der Waals surface area (Å²) in [4.78, 5) is 27.0. The number of anilines is 2. The second-order valence-corrected chi connectivity index (χ2v) is 10.4. The molecule has 170 valence electrons. The smallest absolute Gasteiger partial charge is 0.323 e. The molecule has 2 aromatic heterocycles. The van der Waals surface area contributed by atoms with Crippen LogP contribution in [0.5, 0.6) is 0 Å². The normalized spacial score (nSPS) is 17.1. The Bertz CT molecular complexity index is 1280. The number of pyridine rings is 1. The summed E-state index contributed by atoms with van der Waals surface area (Å²) in [7, 11) is -3.43. The van der Waals surface area contributed by atoms with Crippen molar-refractivity contribution in [1.82, 2.24) is 19.9 Å². The number of benzene rings is 1. The maximum Gasteiger partial charge on any atom is 0.323 e. The van der Waals surface area contributed by atoms with Crippen molar-refractivity contribution in [1.29, 1.82) is 0 Å². The number of carbonyl (C=O) groups is 1. The second-order valence-electron chi connectivity index (χ2n) is 8.50. The summed E-state index contributed by atoms with van der Waals surface area (Å²) in [5, 5.41) is 2.77. The van der Waals surface area contributed by atoms with Crippen LogP contribution in [-0.4, -0.2) is 60.2 Å². The van der Waals surface area contributed by atoms with Gasteiger partial charge < -0.3 is 4.90 Å². The van der Waals surface area contributed by atoms with E-state index in [0.29, 0.717) is 38.3 Å². The Hall–Kier alpha value is -3.53. The number of fused-ring (bicyclic) bond motifs is 2. The highest BCUT2D eigenvalue weighted by molar-refractivity contribution is 7.92. The summed E-state index contributed by atoms with van der Waals surface area (Å²) < 4.78 is 26.7. The van der Waals surface area contributed by atoms with Crippen LogP contribution in [0.1, 0.15) is 18.4 Å². The highest BCUT2D eigenvalue weighted by Gasteiger charge is 2.47. The van der Waals surface area contributed by atoms with Crippen molar-refractivity contribution in [2.75, 3.05) is 35.5 Å². The van der Waals surface area contributed by atoms with Crippen molar-refractivity contribution in [2.24, 2.45) is 0 Å². The van der Waals surface area contributed by atoms with E-state index in [2.05, 4.69) is 26.3 Å². The van der Waals surface area contributed by atoms with Gasteiger partial charge in [0.15, 0.2) is 5.82 Å². The molecule has 2 aliphatic rings. The molecule has 0 bridgehead atoms. The van der Waals surface area contributed by atoms with E-state index >= 15 is 0 Å². The van der Waals surface area contributed by atoms with E-state index < -0.39 is 10.0 Å². The fraction of sp³-hybridized carbons (Fsp3) is 0.304. The van der Waals surface area contributed by atoms with Gasteiger partial charge in [0.05, 0.1) is 23.8 Å². The molecule has 1 aromatic carbocycles. The van der Waals surface area contributed by atoms with E-state index in [4.69, 9.17) is 0 Å². The van der Waals surface area contributed by atoms with Crippen molar-refractivity contribution >= 4 is 27.6 Å². The molecule has 1 fully saturated rings. The Morgan fingerprint density at radius 1 is 1.06 bits per heavy atom. The van der Waals surface area contributed by atoms with Gasteiger partial charge in [0, 0.05) is 49.2 Å². The number of nitrogens with zero attached hydrogens (tertiary/aromatic N) is 5. The summed E-state index contributed by atoms with van der Waals surface area (Å²) in [6.07, 6.45) is 8.87. The van der Waals surface area contributed by atoms with Crippen LogP contribution in [-0.2, 0) is 15.4 Å². The lowest BCUT2D eigenvalue weighted by Gasteiger charge is -2.39. The van der Waals surface area contributed by atoms with Gasteiger partial charge in [-0.15, -0.1) is 0 Å². The van der Waals surface area contributed by atoms with Gasteiger partial charge in [-0.1, -0.05) is 12.1 Å². The first kappa shape index (κ1) is 21.3. The summed E-state index contributed by atoms with van der Waals surface area (Å²) in [5.41, 5.74) is 3.16. The van der Waals surface area contributed by atoms with Gasteiger partial charge in [0.2, 0.25) is 10.0 Å². The molecule has 1 spiro atoms. The zero-order chi connectivity index (χ0) is 23.1. The van der Waals surface area contributed by atoms with Gasteiger partial charge >= 0.3 is 6.03 Å². The fourth-order valence-corrected chi connectivity index (χ4v) is 5.73. The lowest BCUT2D eigenvalue weighted by Crippen LogP contribution is -2.48. The number of likely N-dealkylation sites (tertiary alicyclic amines) is 1. The predicted molar refractivity (Wildman–Crippen MR) is 125 cm³/mol. The van der Waals surface area contributed by atoms with Crippen molar-refractivity contribution in [3.8, 4) is 11.3 Å². The Morgan fingerprint density at radius 2 is 1.88 bits per heavy atom. The molecule has 33 heavy (non-hydrogen) atoms. The highest BCUT2D eigenvalue weighted by Crippen LogP contribution is 2.49. The van der Waals surface area contributed by atoms with E-state index in [9.17, 15) is 13.2 Å². The van der Waals surface area contributed by atoms with Crippen LogP contribution in [0.3, 0.4) is 0 Å². The van der Waals surface area contributed by atoms with Crippen LogP contribution in [0.25, 0.3) is 11.3 Å². The Labute approximate surface area is 192 Å². The first-order valence-corrected chi connectivity index (χ1v) is 12.6. The van der Waals surface area contributed by atoms with Crippen LogP contribution in [0.4, 0.5) is 16.3 Å². The number of hydrogen-bond acceptors (Lipinski definition) is 6. The number of urea groups is 1. The van der Waals surface area contributed by atoms with Crippen LogP contribution in [0, 0.1) is 0 Å². The van der Waals surface area contributed by atoms with Gasteiger partial charge in [0.25, 0.3) is 0 Å². The van der Waals surface area contributed by atoms with Crippen molar-refractivity contribution in [2.45, 2.75) is 18.3 Å². The topological polar surface area (TPSA) is 108 Å². The minimum absolute atomic E-state index is 0.231. The third-order valence-electron chi connectivity index (χ3n) is 6.45. The summed E-state index contributed by atoms with van der Waals surface area (Å²) >= 11 is 0. The van der Waals surface area contributed by atoms with Gasteiger partial charge in [-0.2, -0.15) is 0 Å². The maximum absolute atomic E-state index is 12.7. The number of piperidine rings is 1. The summed E-state index contributed by atoms with van der Waals surface area (Å²) in [6.45, 7) is 1.40. The average Bonchev–Trinajstić information content (AvgIpc) is 3.14. The maximum atomic E-state index is 12.7. The quantitative estimate of drug-likeness (QED) is 0.639. The number of aromatic nitrogens is 3. The fourth-order valence-electron chi connectivity index (χ4n) is 4.73. The largest absolute Gasteiger partial charge is 0.324 e. The lowest BCUT2D eigenvalue weighted by molar-refractivity contribution is 0.173. The molecule has 1 saturated heterocycles. The molecular weight excluding hydrogens is 440 g/mol. The Balaban J connectivity index is 1.43. The molecule has 2 aliphatic heterocycles. The van der Waals surface area contributed by atoms with E-state index in [1.807, 2.05) is 30.3 Å². The number of rotatable bonds is 3. The van der Waals surface area contributed by atoms with Crippen LogP contribution >= 0.6 is 0 Å². The molecule has 5 rings (SSSR count). The number of sulfonamides is 1. The van der Waals surface area contributed by atoms with E-state index in [1.165, 1.54) is 23.0 Å². The van der Waals surface area contributed by atoms with Gasteiger partial charge in [-0.25, -0.2) is 18.2 Å². The number of hydrogen-bond donors (Lipinski definition) is 1. The Kier molecular flexibility index (Phi) is 5.24. The zero-order valence-corrected chi connectivity index (χ0v) is 19.0. The van der Waals surface area contributed by atoms with Crippen LogP contribution in [0.15, 0.2) is 61.2 Å². The third kappa shape index (κ3) is 4.02. The molecule has 0 atom stereocenters. The van der Waals surface area contributed by atoms with E-state index in [0.717, 1.165) is 22.5 Å². The standard InChI is InChI=1S/C23H24N6O3S/c1-33(31,32)29-16-23(18-14-17(5-6-20(18)29)19-4-2-3-9-25-19)7-12-28(13-8-23)22(30)27-21-15-24-10-11-26-21/h2-6,9-11,14-15H,7-8,12-13,16H2,1H3,(H,26,27,30). The van der Waals surface area contributed by atoms with Crippen molar-refractivity contribution < 1.29 is 13.2 Å². The van der Waals surface area contributed by atoms with Gasteiger partial charge in [0.1, 0.15) is 0 Å². The number of nitrogens with one attached hydrogen (secondary N) is 1. The Morgan fingerprint density at radius 3 is 2.55 bits per heavy atom. The molecule has 4 heterocycles. The summed E-state index contributed by atoms with van der Waals surface area (Å²) in [5.74, 6) is 0.400. The van der Waals surface area contributed by atoms with E-state index in [1.54, 1.807) is 17.3 Å². The molecule has 0 aliphatic carbocycles. The van der Waals surface area contributed by atoms with Crippen LogP contribution < -0.4 is 9.62 Å². The zero-order valence-electron chi connectivity index (χ0n) is 18.2. The molecule has 0 radical (unpaired) electrons. The molecule has 9 nitrogen and oxygen atoms in total. The van der Waals surface area contributed by atoms with E-state index in [-0.39, 0.29) is 11.4 Å². The monoisotopic (exact) mass is 464 g/mol. The molecule has 1 N–H and O–H groups in total. The SMILES string of the molecule is CS(=O)(=O)N1CC2(CCN(C(=O)Nc3cnccn3)CC2)c2cc(-c3ccccn3)ccc21. The van der Waals surface area contributed by atoms with Crippen molar-refractivity contribution in [3.05, 3.63) is 66.7 Å². The lowest BCUT2D eigenvalue weighted by atomic mass is 9.74. The molecule has 0 saturated carbocycles.